The van der Waals surface area contributed by atoms with Crippen molar-refractivity contribution < 1.29 is 14.6 Å². The first kappa shape index (κ1) is 10.7. The van der Waals surface area contributed by atoms with Gasteiger partial charge in [-0.1, -0.05) is 6.07 Å². The van der Waals surface area contributed by atoms with Crippen molar-refractivity contribution >= 4 is 5.97 Å². The fourth-order valence-corrected chi connectivity index (χ4v) is 1.35. The number of aliphatic hydroxyl groups is 1. The summed E-state index contributed by atoms with van der Waals surface area (Å²) in [5, 5.41) is 8.98. The summed E-state index contributed by atoms with van der Waals surface area (Å²) in [6.45, 7) is 3.70. The normalized spacial score (nSPS) is 10.0. The van der Waals surface area contributed by atoms with E-state index in [1.165, 1.54) is 7.11 Å². The molecule has 1 aromatic rings. The Morgan fingerprint density at radius 1 is 1.43 bits per heavy atom. The fourth-order valence-electron chi connectivity index (χ4n) is 1.35. The molecule has 3 nitrogen and oxygen atoms in total. The predicted octanol–water partition coefficient (Wildman–Crippen LogP) is 1.58. The second-order valence-electron chi connectivity index (χ2n) is 3.23. The van der Waals surface area contributed by atoms with Gasteiger partial charge >= 0.3 is 5.97 Å². The van der Waals surface area contributed by atoms with Crippen LogP contribution in [0.5, 0.6) is 0 Å². The highest BCUT2D eigenvalue weighted by Gasteiger charge is 2.11. The Morgan fingerprint density at radius 2 is 2.07 bits per heavy atom. The largest absolute Gasteiger partial charge is 0.465 e. The Kier molecular flexibility index (Phi) is 3.25. The molecule has 0 aliphatic carbocycles. The smallest absolute Gasteiger partial charge is 0.338 e. The average molecular weight is 194 g/mol. The molecule has 0 aliphatic heterocycles. The number of carbonyl (C=O) groups excluding carboxylic acids is 1. The molecule has 14 heavy (non-hydrogen) atoms. The summed E-state index contributed by atoms with van der Waals surface area (Å²) < 4.78 is 4.65. The number of hydrogen-bond acceptors (Lipinski definition) is 3. The van der Waals surface area contributed by atoms with Crippen LogP contribution >= 0.6 is 0 Å². The minimum absolute atomic E-state index is 0.0644. The van der Waals surface area contributed by atoms with Gasteiger partial charge in [0.15, 0.2) is 0 Å². The van der Waals surface area contributed by atoms with E-state index < -0.39 is 0 Å². The van der Waals surface area contributed by atoms with Crippen molar-refractivity contribution in [1.29, 1.82) is 0 Å². The third-order valence-electron chi connectivity index (χ3n) is 2.32. The Morgan fingerprint density at radius 3 is 2.57 bits per heavy atom. The molecule has 0 unspecified atom stereocenters. The van der Waals surface area contributed by atoms with Crippen LogP contribution < -0.4 is 0 Å². The summed E-state index contributed by atoms with van der Waals surface area (Å²) in [7, 11) is 1.35. The minimum atomic E-state index is -0.360. The van der Waals surface area contributed by atoms with Crippen molar-refractivity contribution in [2.24, 2.45) is 0 Å². The lowest BCUT2D eigenvalue weighted by molar-refractivity contribution is 0.0599. The topological polar surface area (TPSA) is 46.5 Å². The molecule has 76 valence electrons. The lowest BCUT2D eigenvalue weighted by Gasteiger charge is -2.09. The number of rotatable bonds is 2. The first-order valence-electron chi connectivity index (χ1n) is 4.39. The summed E-state index contributed by atoms with van der Waals surface area (Å²) >= 11 is 0. The van der Waals surface area contributed by atoms with E-state index >= 15 is 0 Å². The molecule has 0 aliphatic rings. The summed E-state index contributed by atoms with van der Waals surface area (Å²) in [5.74, 6) is -0.360. The van der Waals surface area contributed by atoms with Gasteiger partial charge in [-0.15, -0.1) is 0 Å². The number of aliphatic hydroxyl groups excluding tert-OH is 1. The van der Waals surface area contributed by atoms with Crippen LogP contribution in [-0.4, -0.2) is 18.2 Å². The van der Waals surface area contributed by atoms with Crippen molar-refractivity contribution in [3.8, 4) is 0 Å². The Balaban J connectivity index is 3.27. The monoisotopic (exact) mass is 194 g/mol. The van der Waals surface area contributed by atoms with Crippen molar-refractivity contribution in [1.82, 2.24) is 0 Å². The summed E-state index contributed by atoms with van der Waals surface area (Å²) in [5.41, 5.74) is 3.14. The molecular weight excluding hydrogens is 180 g/mol. The van der Waals surface area contributed by atoms with Gasteiger partial charge in [0.2, 0.25) is 0 Å². The van der Waals surface area contributed by atoms with Crippen LogP contribution in [0.1, 0.15) is 27.0 Å². The first-order chi connectivity index (χ1) is 6.60. The van der Waals surface area contributed by atoms with Crippen molar-refractivity contribution in [2.45, 2.75) is 20.5 Å². The van der Waals surface area contributed by atoms with E-state index in [9.17, 15) is 4.79 Å². The molecule has 0 heterocycles. The van der Waals surface area contributed by atoms with E-state index in [1.807, 2.05) is 19.9 Å². The molecule has 3 heteroatoms. The molecule has 1 rings (SSSR count). The molecule has 0 spiro atoms. The number of aryl methyl sites for hydroxylation is 1. The van der Waals surface area contributed by atoms with Gasteiger partial charge in [-0.3, -0.25) is 0 Å². The zero-order valence-corrected chi connectivity index (χ0v) is 8.63. The maximum Gasteiger partial charge on any atom is 0.338 e. The van der Waals surface area contributed by atoms with Crippen LogP contribution in [0.2, 0.25) is 0 Å². The fraction of sp³-hybridized carbons (Fsp3) is 0.364. The SMILES string of the molecule is COC(=O)c1cc(CO)cc(C)c1C. The van der Waals surface area contributed by atoms with Crippen molar-refractivity contribution in [2.75, 3.05) is 7.11 Å². The van der Waals surface area contributed by atoms with Crippen LogP contribution in [0.15, 0.2) is 12.1 Å². The van der Waals surface area contributed by atoms with E-state index in [-0.39, 0.29) is 12.6 Å². The summed E-state index contributed by atoms with van der Waals surface area (Å²) in [6.07, 6.45) is 0. The maximum absolute atomic E-state index is 11.4. The van der Waals surface area contributed by atoms with Crippen LogP contribution in [0.25, 0.3) is 0 Å². The van der Waals surface area contributed by atoms with Crippen LogP contribution in [0, 0.1) is 13.8 Å². The molecule has 0 saturated carbocycles. The van der Waals surface area contributed by atoms with Gasteiger partial charge in [0.05, 0.1) is 19.3 Å². The molecule has 0 bridgehead atoms. The number of ether oxygens (including phenoxy) is 1. The van der Waals surface area contributed by atoms with E-state index in [2.05, 4.69) is 4.74 Å². The minimum Gasteiger partial charge on any atom is -0.465 e. The standard InChI is InChI=1S/C11H14O3/c1-7-4-9(6-12)5-10(8(7)2)11(13)14-3/h4-5,12H,6H2,1-3H3. The Labute approximate surface area is 83.3 Å². The lowest BCUT2D eigenvalue weighted by atomic mass is 10.00. The van der Waals surface area contributed by atoms with Crippen LogP contribution in [0.3, 0.4) is 0 Å². The number of hydrogen-bond donors (Lipinski definition) is 1. The molecule has 0 aromatic heterocycles. The van der Waals surface area contributed by atoms with Crippen LogP contribution in [0.4, 0.5) is 0 Å². The summed E-state index contributed by atoms with van der Waals surface area (Å²) in [6, 6.07) is 3.52. The van der Waals surface area contributed by atoms with Gasteiger partial charge in [-0.25, -0.2) is 4.79 Å². The van der Waals surface area contributed by atoms with Gasteiger partial charge < -0.3 is 9.84 Å². The number of benzene rings is 1. The summed E-state index contributed by atoms with van der Waals surface area (Å²) in [4.78, 5) is 11.4. The second-order valence-corrected chi connectivity index (χ2v) is 3.23. The quantitative estimate of drug-likeness (QED) is 0.727. The maximum atomic E-state index is 11.4. The van der Waals surface area contributed by atoms with Crippen LogP contribution in [-0.2, 0) is 11.3 Å². The Bertz CT molecular complexity index is 356. The molecule has 0 atom stereocenters. The van der Waals surface area contributed by atoms with Gasteiger partial charge in [0.25, 0.3) is 0 Å². The lowest BCUT2D eigenvalue weighted by Crippen LogP contribution is -2.06. The van der Waals surface area contributed by atoms with Gasteiger partial charge in [-0.2, -0.15) is 0 Å². The highest BCUT2D eigenvalue weighted by atomic mass is 16.5. The molecular formula is C11H14O3. The van der Waals surface area contributed by atoms with Crippen molar-refractivity contribution in [3.05, 3.63) is 34.4 Å². The molecule has 1 N–H and O–H groups in total. The zero-order valence-electron chi connectivity index (χ0n) is 8.63. The third kappa shape index (κ3) is 1.93. The first-order valence-corrected chi connectivity index (χ1v) is 4.39. The zero-order chi connectivity index (χ0) is 10.7. The highest BCUT2D eigenvalue weighted by Crippen LogP contribution is 2.17. The van der Waals surface area contributed by atoms with E-state index in [0.717, 1.165) is 16.7 Å². The molecule has 0 fully saturated rings. The Hall–Kier alpha value is -1.35. The predicted molar refractivity (Wildman–Crippen MR) is 53.2 cm³/mol. The van der Waals surface area contributed by atoms with Gasteiger partial charge in [0.1, 0.15) is 0 Å². The van der Waals surface area contributed by atoms with Gasteiger partial charge in [0, 0.05) is 0 Å². The molecule has 1 aromatic carbocycles. The second kappa shape index (κ2) is 4.24. The third-order valence-corrected chi connectivity index (χ3v) is 2.32. The number of esters is 1. The highest BCUT2D eigenvalue weighted by molar-refractivity contribution is 5.91. The van der Waals surface area contributed by atoms with E-state index in [0.29, 0.717) is 5.56 Å². The number of carbonyl (C=O) groups is 1. The van der Waals surface area contributed by atoms with E-state index in [4.69, 9.17) is 5.11 Å². The van der Waals surface area contributed by atoms with Crippen molar-refractivity contribution in [3.63, 3.8) is 0 Å². The molecule has 0 amide bonds. The molecule has 0 radical (unpaired) electrons. The number of methoxy groups -OCH3 is 1. The van der Waals surface area contributed by atoms with E-state index in [1.54, 1.807) is 6.07 Å². The molecule has 0 saturated heterocycles. The average Bonchev–Trinajstić information content (AvgIpc) is 2.20. The van der Waals surface area contributed by atoms with Gasteiger partial charge in [-0.05, 0) is 36.6 Å².